The van der Waals surface area contributed by atoms with Gasteiger partial charge in [0.25, 0.3) is 0 Å². The first kappa shape index (κ1) is 10.1. The van der Waals surface area contributed by atoms with Gasteiger partial charge in [-0.3, -0.25) is 5.10 Å². The molecule has 0 aliphatic heterocycles. The summed E-state index contributed by atoms with van der Waals surface area (Å²) in [6.07, 6.45) is 3.56. The smallest absolute Gasteiger partial charge is 0.134 e. The number of furan rings is 1. The van der Waals surface area contributed by atoms with E-state index in [1.54, 1.807) is 6.20 Å². The summed E-state index contributed by atoms with van der Waals surface area (Å²) in [6.45, 7) is 1.57. The lowest BCUT2D eigenvalue weighted by atomic mass is 10.2. The number of fused-ring (bicyclic) bond motifs is 1. The molecule has 0 unspecified atom stereocenters. The second-order valence-electron chi connectivity index (χ2n) is 3.94. The molecule has 2 N–H and O–H groups in total. The molecule has 0 fully saturated rings. The van der Waals surface area contributed by atoms with E-state index in [4.69, 9.17) is 4.42 Å². The standard InChI is InChI=1S/C13H13N3O/c1-2-4-13-12(3-1)10(9-17-13)7-14-8-11-5-6-15-16-11/h1-6,9,14H,7-8H2,(H,15,16). The van der Waals surface area contributed by atoms with Crippen molar-refractivity contribution < 1.29 is 4.42 Å². The van der Waals surface area contributed by atoms with Gasteiger partial charge < -0.3 is 9.73 Å². The van der Waals surface area contributed by atoms with Crippen molar-refractivity contribution in [2.24, 2.45) is 0 Å². The molecule has 0 aliphatic rings. The van der Waals surface area contributed by atoms with Crippen LogP contribution in [0.5, 0.6) is 0 Å². The Morgan fingerprint density at radius 1 is 1.18 bits per heavy atom. The quantitative estimate of drug-likeness (QED) is 0.719. The van der Waals surface area contributed by atoms with Crippen LogP contribution in [0.15, 0.2) is 47.2 Å². The van der Waals surface area contributed by atoms with Crippen molar-refractivity contribution in [2.45, 2.75) is 13.1 Å². The van der Waals surface area contributed by atoms with Crippen molar-refractivity contribution >= 4 is 11.0 Å². The van der Waals surface area contributed by atoms with Gasteiger partial charge in [0.2, 0.25) is 0 Å². The predicted molar refractivity (Wildman–Crippen MR) is 65.3 cm³/mol. The van der Waals surface area contributed by atoms with Gasteiger partial charge >= 0.3 is 0 Å². The van der Waals surface area contributed by atoms with E-state index >= 15 is 0 Å². The molecule has 3 rings (SSSR count). The van der Waals surface area contributed by atoms with Gasteiger partial charge in [-0.2, -0.15) is 5.10 Å². The average molecular weight is 227 g/mol. The third kappa shape index (κ3) is 2.07. The Hall–Kier alpha value is -2.07. The van der Waals surface area contributed by atoms with Crippen LogP contribution in [0.25, 0.3) is 11.0 Å². The summed E-state index contributed by atoms with van der Waals surface area (Å²) in [7, 11) is 0. The van der Waals surface area contributed by atoms with Crippen LogP contribution in [0, 0.1) is 0 Å². The average Bonchev–Trinajstić information content (AvgIpc) is 2.99. The normalized spacial score (nSPS) is 11.1. The molecular formula is C13H13N3O. The minimum absolute atomic E-state index is 0.777. The summed E-state index contributed by atoms with van der Waals surface area (Å²) in [5.41, 5.74) is 3.20. The molecule has 17 heavy (non-hydrogen) atoms. The summed E-state index contributed by atoms with van der Waals surface area (Å²) >= 11 is 0. The minimum Gasteiger partial charge on any atom is -0.464 e. The molecule has 0 aliphatic carbocycles. The highest BCUT2D eigenvalue weighted by molar-refractivity contribution is 5.80. The van der Waals surface area contributed by atoms with Crippen LogP contribution in [0.4, 0.5) is 0 Å². The zero-order chi connectivity index (χ0) is 11.5. The van der Waals surface area contributed by atoms with E-state index in [9.17, 15) is 0 Å². The van der Waals surface area contributed by atoms with Crippen molar-refractivity contribution in [3.8, 4) is 0 Å². The van der Waals surface area contributed by atoms with Gasteiger partial charge in [-0.05, 0) is 12.1 Å². The molecule has 2 heterocycles. The maximum absolute atomic E-state index is 5.48. The van der Waals surface area contributed by atoms with E-state index in [-0.39, 0.29) is 0 Å². The SMILES string of the molecule is c1ccc2c(CNCc3ccn[nH]3)coc2c1. The van der Waals surface area contributed by atoms with Crippen LogP contribution in [0.2, 0.25) is 0 Å². The lowest BCUT2D eigenvalue weighted by Crippen LogP contribution is -2.12. The van der Waals surface area contributed by atoms with Crippen molar-refractivity contribution in [1.82, 2.24) is 15.5 Å². The molecule has 0 bridgehead atoms. The molecule has 1 aromatic carbocycles. The number of aromatic amines is 1. The maximum Gasteiger partial charge on any atom is 0.134 e. The number of benzene rings is 1. The van der Waals surface area contributed by atoms with Gasteiger partial charge in [0.05, 0.1) is 6.26 Å². The van der Waals surface area contributed by atoms with Crippen LogP contribution in [0.3, 0.4) is 0 Å². The van der Waals surface area contributed by atoms with E-state index in [0.717, 1.165) is 24.4 Å². The highest BCUT2D eigenvalue weighted by Gasteiger charge is 2.04. The first-order valence-electron chi connectivity index (χ1n) is 5.57. The van der Waals surface area contributed by atoms with Gasteiger partial charge in [0.1, 0.15) is 5.58 Å². The molecule has 0 amide bonds. The van der Waals surface area contributed by atoms with Gasteiger partial charge in [0.15, 0.2) is 0 Å². The fourth-order valence-corrected chi connectivity index (χ4v) is 1.88. The molecule has 4 heteroatoms. The Morgan fingerprint density at radius 2 is 2.12 bits per heavy atom. The fourth-order valence-electron chi connectivity index (χ4n) is 1.88. The lowest BCUT2D eigenvalue weighted by molar-refractivity contribution is 0.600. The van der Waals surface area contributed by atoms with E-state index in [1.807, 2.05) is 30.5 Å². The number of aromatic nitrogens is 2. The van der Waals surface area contributed by atoms with Crippen molar-refractivity contribution in [3.05, 3.63) is 54.0 Å². The highest BCUT2D eigenvalue weighted by Crippen LogP contribution is 2.20. The van der Waals surface area contributed by atoms with E-state index in [1.165, 1.54) is 10.9 Å². The van der Waals surface area contributed by atoms with Crippen molar-refractivity contribution in [2.75, 3.05) is 0 Å². The molecule has 0 saturated heterocycles. The number of nitrogens with zero attached hydrogens (tertiary/aromatic N) is 1. The third-order valence-electron chi connectivity index (χ3n) is 2.75. The number of rotatable bonds is 4. The first-order chi connectivity index (χ1) is 8.43. The van der Waals surface area contributed by atoms with Crippen LogP contribution in [-0.2, 0) is 13.1 Å². The Morgan fingerprint density at radius 3 is 3.00 bits per heavy atom. The Kier molecular flexibility index (Phi) is 2.63. The summed E-state index contributed by atoms with van der Waals surface area (Å²) in [5, 5.41) is 11.3. The predicted octanol–water partition coefficient (Wildman–Crippen LogP) is 2.45. The van der Waals surface area contributed by atoms with Gasteiger partial charge in [0, 0.05) is 35.9 Å². The van der Waals surface area contributed by atoms with Crippen LogP contribution < -0.4 is 5.32 Å². The number of hydrogen-bond donors (Lipinski definition) is 2. The molecule has 0 saturated carbocycles. The summed E-state index contributed by atoms with van der Waals surface area (Å²) in [6, 6.07) is 10.0. The molecule has 2 aromatic heterocycles. The van der Waals surface area contributed by atoms with Crippen molar-refractivity contribution in [3.63, 3.8) is 0 Å². The van der Waals surface area contributed by atoms with Crippen LogP contribution >= 0.6 is 0 Å². The van der Waals surface area contributed by atoms with Gasteiger partial charge in [-0.25, -0.2) is 0 Å². The zero-order valence-electron chi connectivity index (χ0n) is 9.31. The second-order valence-corrected chi connectivity index (χ2v) is 3.94. The Labute approximate surface area is 98.6 Å². The number of hydrogen-bond acceptors (Lipinski definition) is 3. The minimum atomic E-state index is 0.777. The fraction of sp³-hybridized carbons (Fsp3) is 0.154. The second kappa shape index (κ2) is 4.43. The van der Waals surface area contributed by atoms with Gasteiger partial charge in [-0.1, -0.05) is 18.2 Å². The number of para-hydroxylation sites is 1. The van der Waals surface area contributed by atoms with Crippen LogP contribution in [0.1, 0.15) is 11.3 Å². The molecular weight excluding hydrogens is 214 g/mol. The molecule has 3 aromatic rings. The molecule has 0 atom stereocenters. The van der Waals surface area contributed by atoms with E-state index in [2.05, 4.69) is 21.6 Å². The van der Waals surface area contributed by atoms with E-state index < -0.39 is 0 Å². The molecule has 0 spiro atoms. The molecule has 0 radical (unpaired) electrons. The highest BCUT2D eigenvalue weighted by atomic mass is 16.3. The summed E-state index contributed by atoms with van der Waals surface area (Å²) in [4.78, 5) is 0. The van der Waals surface area contributed by atoms with Gasteiger partial charge in [-0.15, -0.1) is 0 Å². The third-order valence-corrected chi connectivity index (χ3v) is 2.75. The maximum atomic E-state index is 5.48. The largest absolute Gasteiger partial charge is 0.464 e. The lowest BCUT2D eigenvalue weighted by Gasteiger charge is -2.00. The van der Waals surface area contributed by atoms with Crippen molar-refractivity contribution in [1.29, 1.82) is 0 Å². The summed E-state index contributed by atoms with van der Waals surface area (Å²) in [5.74, 6) is 0. The zero-order valence-corrected chi connectivity index (χ0v) is 9.31. The Bertz CT molecular complexity index is 598. The topological polar surface area (TPSA) is 53.9 Å². The van der Waals surface area contributed by atoms with Crippen LogP contribution in [-0.4, -0.2) is 10.2 Å². The molecule has 4 nitrogen and oxygen atoms in total. The molecule has 86 valence electrons. The summed E-state index contributed by atoms with van der Waals surface area (Å²) < 4.78 is 5.48. The first-order valence-corrected chi connectivity index (χ1v) is 5.57. The Balaban J connectivity index is 1.69. The number of H-pyrrole nitrogens is 1. The monoisotopic (exact) mass is 227 g/mol. The number of nitrogens with one attached hydrogen (secondary N) is 2. The van der Waals surface area contributed by atoms with E-state index in [0.29, 0.717) is 0 Å².